The highest BCUT2D eigenvalue weighted by Gasteiger charge is 2.30. The van der Waals surface area contributed by atoms with E-state index in [0.717, 1.165) is 0 Å². The summed E-state index contributed by atoms with van der Waals surface area (Å²) in [7, 11) is 0. The fraction of sp³-hybridized carbons (Fsp3) is 0.800. The third-order valence-corrected chi connectivity index (χ3v) is 2.52. The fourth-order valence-corrected chi connectivity index (χ4v) is 0.990. The maximum Gasteiger partial charge on any atom is 0.320 e. The second-order valence-electron chi connectivity index (χ2n) is 4.12. The molecule has 0 aromatic rings. The molecule has 0 saturated heterocycles. The Hall–Kier alpha value is -1.22. The molecule has 0 aliphatic heterocycles. The molecule has 0 radical (unpaired) electrons. The lowest BCUT2D eigenvalue weighted by molar-refractivity contribution is -0.151. The molecule has 0 heterocycles. The molecule has 0 aromatic heterocycles. The van der Waals surface area contributed by atoms with Crippen LogP contribution in [0, 0.1) is 5.41 Å². The van der Waals surface area contributed by atoms with Crippen molar-refractivity contribution in [1.82, 2.24) is 0 Å². The van der Waals surface area contributed by atoms with Crippen molar-refractivity contribution in [2.75, 3.05) is 26.4 Å². The second kappa shape index (κ2) is 7.98. The summed E-state index contributed by atoms with van der Waals surface area (Å²) >= 11 is 0. The topological polar surface area (TPSA) is 150 Å². The normalized spacial score (nSPS) is 13.1. The number of aliphatic carboxylic acids is 1. The first-order valence-corrected chi connectivity index (χ1v) is 5.37. The molecule has 0 rings (SSSR count). The van der Waals surface area contributed by atoms with Gasteiger partial charge in [-0.3, -0.25) is 9.59 Å². The zero-order valence-corrected chi connectivity index (χ0v) is 9.91. The molecule has 18 heavy (non-hydrogen) atoms. The highest BCUT2D eigenvalue weighted by Crippen LogP contribution is 2.15. The molecule has 0 spiro atoms. The molecule has 0 fully saturated rings. The standard InChI is InChI=1S/C10H19NO7/c11-7(9(16)17)1-2-8(15)18-6-10(3-12,4-13)5-14/h7,12-14H,1-6,11H2,(H,16,17). The first kappa shape index (κ1) is 16.8. The van der Waals surface area contributed by atoms with Gasteiger partial charge in [-0.15, -0.1) is 0 Å². The van der Waals surface area contributed by atoms with Crippen LogP contribution in [-0.2, 0) is 14.3 Å². The van der Waals surface area contributed by atoms with Gasteiger partial charge in [-0.25, -0.2) is 0 Å². The van der Waals surface area contributed by atoms with Crippen LogP contribution in [0.1, 0.15) is 12.8 Å². The number of carbonyl (C=O) groups is 2. The summed E-state index contributed by atoms with van der Waals surface area (Å²) in [5, 5.41) is 35.4. The SMILES string of the molecule is NC(CCC(=O)OCC(CO)(CO)CO)C(=O)O. The van der Waals surface area contributed by atoms with E-state index in [1.807, 2.05) is 0 Å². The lowest BCUT2D eigenvalue weighted by Gasteiger charge is -2.26. The molecule has 0 aliphatic carbocycles. The lowest BCUT2D eigenvalue weighted by Crippen LogP contribution is -2.39. The highest BCUT2D eigenvalue weighted by atomic mass is 16.5. The number of hydrogen-bond donors (Lipinski definition) is 5. The first-order valence-electron chi connectivity index (χ1n) is 5.37. The summed E-state index contributed by atoms with van der Waals surface area (Å²) in [5.41, 5.74) is 3.91. The van der Waals surface area contributed by atoms with Gasteiger partial charge in [0.05, 0.1) is 25.2 Å². The number of nitrogens with two attached hydrogens (primary N) is 1. The Morgan fingerprint density at radius 2 is 1.67 bits per heavy atom. The molecule has 6 N–H and O–H groups in total. The highest BCUT2D eigenvalue weighted by molar-refractivity contribution is 5.75. The monoisotopic (exact) mass is 265 g/mol. The van der Waals surface area contributed by atoms with Crippen molar-refractivity contribution >= 4 is 11.9 Å². The van der Waals surface area contributed by atoms with Crippen molar-refractivity contribution in [2.24, 2.45) is 11.1 Å². The predicted molar refractivity (Wildman–Crippen MR) is 59.5 cm³/mol. The summed E-state index contributed by atoms with van der Waals surface area (Å²) in [6.45, 7) is -1.97. The molecule has 8 nitrogen and oxygen atoms in total. The van der Waals surface area contributed by atoms with Crippen molar-refractivity contribution in [2.45, 2.75) is 18.9 Å². The van der Waals surface area contributed by atoms with E-state index in [4.69, 9.17) is 30.9 Å². The average molecular weight is 265 g/mol. The van der Waals surface area contributed by atoms with E-state index in [2.05, 4.69) is 0 Å². The Kier molecular flexibility index (Phi) is 7.44. The molecule has 0 aromatic carbocycles. The van der Waals surface area contributed by atoms with Gasteiger partial charge in [0.15, 0.2) is 0 Å². The number of ether oxygens (including phenoxy) is 1. The van der Waals surface area contributed by atoms with E-state index in [1.54, 1.807) is 0 Å². The van der Waals surface area contributed by atoms with Crippen molar-refractivity contribution < 1.29 is 34.8 Å². The summed E-state index contributed by atoms with van der Waals surface area (Å²) in [6, 6.07) is -1.14. The van der Waals surface area contributed by atoms with E-state index in [9.17, 15) is 9.59 Å². The number of esters is 1. The Morgan fingerprint density at radius 1 is 1.17 bits per heavy atom. The van der Waals surface area contributed by atoms with Gasteiger partial charge in [-0.05, 0) is 6.42 Å². The van der Waals surface area contributed by atoms with Crippen LogP contribution in [0.5, 0.6) is 0 Å². The molecule has 0 bridgehead atoms. The molecule has 106 valence electrons. The predicted octanol–water partition coefficient (Wildman–Crippen LogP) is -2.31. The number of hydrogen-bond acceptors (Lipinski definition) is 7. The maximum atomic E-state index is 11.2. The summed E-state index contributed by atoms with van der Waals surface area (Å²) in [5.74, 6) is -1.91. The van der Waals surface area contributed by atoms with Crippen LogP contribution in [0.3, 0.4) is 0 Å². The molecular weight excluding hydrogens is 246 g/mol. The second-order valence-corrected chi connectivity index (χ2v) is 4.12. The van der Waals surface area contributed by atoms with Crippen LogP contribution in [0.15, 0.2) is 0 Å². The third-order valence-electron chi connectivity index (χ3n) is 2.52. The number of aliphatic hydroxyl groups excluding tert-OH is 3. The Bertz CT molecular complexity index is 269. The maximum absolute atomic E-state index is 11.2. The van der Waals surface area contributed by atoms with Crippen LogP contribution >= 0.6 is 0 Å². The Balaban J connectivity index is 4.06. The van der Waals surface area contributed by atoms with Gasteiger partial charge in [0.1, 0.15) is 12.6 Å². The van der Waals surface area contributed by atoms with E-state index in [-0.39, 0.29) is 19.4 Å². The Morgan fingerprint density at radius 3 is 2.06 bits per heavy atom. The van der Waals surface area contributed by atoms with Crippen LogP contribution < -0.4 is 5.73 Å². The number of carbonyl (C=O) groups excluding carboxylic acids is 1. The zero-order valence-electron chi connectivity index (χ0n) is 9.91. The fourth-order valence-electron chi connectivity index (χ4n) is 0.990. The van der Waals surface area contributed by atoms with Gasteiger partial charge in [-0.2, -0.15) is 0 Å². The minimum Gasteiger partial charge on any atom is -0.480 e. The van der Waals surface area contributed by atoms with E-state index in [0.29, 0.717) is 0 Å². The van der Waals surface area contributed by atoms with Crippen molar-refractivity contribution in [1.29, 1.82) is 0 Å². The molecule has 0 aliphatic rings. The third kappa shape index (κ3) is 5.41. The van der Waals surface area contributed by atoms with E-state index < -0.39 is 43.2 Å². The molecule has 0 amide bonds. The van der Waals surface area contributed by atoms with Crippen LogP contribution in [0.25, 0.3) is 0 Å². The van der Waals surface area contributed by atoms with Gasteiger partial charge >= 0.3 is 11.9 Å². The summed E-state index contributed by atoms with van der Waals surface area (Å²) in [6.07, 6.45) is -0.260. The largest absolute Gasteiger partial charge is 0.480 e. The van der Waals surface area contributed by atoms with Crippen LogP contribution in [-0.4, -0.2) is 64.8 Å². The summed E-state index contributed by atoms with van der Waals surface area (Å²) < 4.78 is 4.74. The molecule has 1 unspecified atom stereocenters. The van der Waals surface area contributed by atoms with Gasteiger partial charge in [-0.1, -0.05) is 0 Å². The van der Waals surface area contributed by atoms with E-state index in [1.165, 1.54) is 0 Å². The van der Waals surface area contributed by atoms with Gasteiger partial charge < -0.3 is 30.9 Å². The summed E-state index contributed by atoms with van der Waals surface area (Å²) in [4.78, 5) is 21.6. The molecular formula is C10H19NO7. The minimum atomic E-state index is -1.29. The molecule has 8 heteroatoms. The van der Waals surface area contributed by atoms with Gasteiger partial charge in [0, 0.05) is 6.42 Å². The molecule has 1 atom stereocenters. The van der Waals surface area contributed by atoms with Crippen molar-refractivity contribution in [3.63, 3.8) is 0 Å². The van der Waals surface area contributed by atoms with Crippen molar-refractivity contribution in [3.8, 4) is 0 Å². The van der Waals surface area contributed by atoms with Crippen molar-refractivity contribution in [3.05, 3.63) is 0 Å². The number of carboxylic acid groups (broad SMARTS) is 1. The van der Waals surface area contributed by atoms with Crippen LogP contribution in [0.4, 0.5) is 0 Å². The first-order chi connectivity index (χ1) is 8.40. The zero-order chi connectivity index (χ0) is 14.2. The molecule has 0 saturated carbocycles. The van der Waals surface area contributed by atoms with Gasteiger partial charge in [0.2, 0.25) is 0 Å². The minimum absolute atomic E-state index is 0.0709. The Labute approximate surface area is 104 Å². The van der Waals surface area contributed by atoms with Gasteiger partial charge in [0.25, 0.3) is 0 Å². The number of aliphatic hydroxyl groups is 3. The number of rotatable bonds is 9. The van der Waals surface area contributed by atoms with E-state index >= 15 is 0 Å². The quantitative estimate of drug-likeness (QED) is 0.292. The average Bonchev–Trinajstić information content (AvgIpc) is 2.38. The lowest BCUT2D eigenvalue weighted by atomic mass is 9.93. The smallest absolute Gasteiger partial charge is 0.320 e. The van der Waals surface area contributed by atoms with Crippen LogP contribution in [0.2, 0.25) is 0 Å². The number of carboxylic acids is 1.